The van der Waals surface area contributed by atoms with Crippen molar-refractivity contribution < 1.29 is 4.92 Å². The average molecular weight is 279 g/mol. The largest absolute Gasteiger partial charge is 0.311 e. The van der Waals surface area contributed by atoms with Crippen LogP contribution in [-0.4, -0.2) is 9.49 Å². The summed E-state index contributed by atoms with van der Waals surface area (Å²) in [4.78, 5) is 22.4. The number of aryl methyl sites for hydroxylation is 1. The lowest BCUT2D eigenvalue weighted by atomic mass is 10.1. The van der Waals surface area contributed by atoms with Gasteiger partial charge in [-0.1, -0.05) is 17.7 Å². The molecule has 1 aromatic carbocycles. The van der Waals surface area contributed by atoms with Crippen molar-refractivity contribution in [1.29, 1.82) is 0 Å². The van der Waals surface area contributed by atoms with Crippen LogP contribution in [0, 0.1) is 17.0 Å². The zero-order valence-corrected chi connectivity index (χ0v) is 10.9. The van der Waals surface area contributed by atoms with Gasteiger partial charge in [0.25, 0.3) is 11.2 Å². The second kappa shape index (κ2) is 5.24. The maximum Gasteiger partial charge on any atom is 0.274 e. The highest BCUT2D eigenvalue weighted by Crippen LogP contribution is 2.23. The molecule has 2 aromatic rings. The molecular weight excluding hydrogens is 268 g/mol. The molecule has 0 saturated heterocycles. The third kappa shape index (κ3) is 2.82. The minimum absolute atomic E-state index is 0.0437. The van der Waals surface area contributed by atoms with Crippen LogP contribution >= 0.6 is 11.6 Å². The molecule has 0 aliphatic heterocycles. The number of nitrogens with zero attached hydrogens (tertiary/aromatic N) is 2. The number of halogens is 1. The number of nitro benzene ring substituents is 1. The van der Waals surface area contributed by atoms with Crippen molar-refractivity contribution in [2.45, 2.75) is 13.5 Å². The number of pyridine rings is 1. The Hall–Kier alpha value is -2.14. The predicted molar refractivity (Wildman–Crippen MR) is 72.6 cm³/mol. The van der Waals surface area contributed by atoms with Gasteiger partial charge >= 0.3 is 0 Å². The maximum absolute atomic E-state index is 11.9. The summed E-state index contributed by atoms with van der Waals surface area (Å²) < 4.78 is 1.42. The topological polar surface area (TPSA) is 65.1 Å². The van der Waals surface area contributed by atoms with E-state index in [9.17, 15) is 14.9 Å². The van der Waals surface area contributed by atoms with E-state index in [0.29, 0.717) is 16.1 Å². The van der Waals surface area contributed by atoms with Crippen LogP contribution in [0.1, 0.15) is 11.1 Å². The second-order valence-electron chi connectivity index (χ2n) is 4.15. The van der Waals surface area contributed by atoms with Crippen LogP contribution in [0.25, 0.3) is 0 Å². The van der Waals surface area contributed by atoms with Gasteiger partial charge in [-0.2, -0.15) is 0 Å². The zero-order chi connectivity index (χ0) is 14.0. The number of aromatic nitrogens is 1. The van der Waals surface area contributed by atoms with E-state index in [-0.39, 0.29) is 17.8 Å². The van der Waals surface area contributed by atoms with Crippen LogP contribution < -0.4 is 5.56 Å². The highest BCUT2D eigenvalue weighted by molar-refractivity contribution is 6.30. The number of benzene rings is 1. The average Bonchev–Trinajstić information content (AvgIpc) is 2.35. The van der Waals surface area contributed by atoms with E-state index < -0.39 is 4.92 Å². The van der Waals surface area contributed by atoms with E-state index in [2.05, 4.69) is 0 Å². The van der Waals surface area contributed by atoms with Gasteiger partial charge in [0.2, 0.25) is 0 Å². The quantitative estimate of drug-likeness (QED) is 0.640. The van der Waals surface area contributed by atoms with Crippen LogP contribution in [0.3, 0.4) is 0 Å². The smallest absolute Gasteiger partial charge is 0.274 e. The highest BCUT2D eigenvalue weighted by atomic mass is 35.5. The van der Waals surface area contributed by atoms with Crippen LogP contribution in [0.4, 0.5) is 5.69 Å². The molecule has 0 fully saturated rings. The summed E-state index contributed by atoms with van der Waals surface area (Å²) in [5.74, 6) is 0. The summed E-state index contributed by atoms with van der Waals surface area (Å²) in [6.07, 6.45) is 1.60. The highest BCUT2D eigenvalue weighted by Gasteiger charge is 2.14. The molecule has 0 aliphatic rings. The summed E-state index contributed by atoms with van der Waals surface area (Å²) >= 11 is 5.85. The Kier molecular flexibility index (Phi) is 3.66. The molecule has 5 nitrogen and oxygen atoms in total. The summed E-state index contributed by atoms with van der Waals surface area (Å²) in [6, 6.07) is 7.74. The molecule has 1 heterocycles. The lowest BCUT2D eigenvalue weighted by molar-refractivity contribution is -0.385. The molecule has 0 amide bonds. The molecule has 0 radical (unpaired) electrons. The first-order valence-corrected chi connectivity index (χ1v) is 5.95. The number of nitro groups is 1. The second-order valence-corrected chi connectivity index (χ2v) is 4.59. The molecule has 6 heteroatoms. The van der Waals surface area contributed by atoms with Gasteiger partial charge in [-0.05, 0) is 25.1 Å². The molecule has 0 bridgehead atoms. The summed E-state index contributed by atoms with van der Waals surface area (Å²) in [7, 11) is 0. The lowest BCUT2D eigenvalue weighted by Crippen LogP contribution is -2.22. The molecule has 0 N–H and O–H groups in total. The monoisotopic (exact) mass is 278 g/mol. The van der Waals surface area contributed by atoms with Gasteiger partial charge in [0.15, 0.2) is 0 Å². The molecule has 19 heavy (non-hydrogen) atoms. The molecule has 0 saturated carbocycles. The van der Waals surface area contributed by atoms with Crippen molar-refractivity contribution in [1.82, 2.24) is 4.57 Å². The molecule has 2 rings (SSSR count). The first-order chi connectivity index (χ1) is 8.99. The third-order valence-electron chi connectivity index (χ3n) is 2.79. The first kappa shape index (κ1) is 13.3. The summed E-state index contributed by atoms with van der Waals surface area (Å²) in [5.41, 5.74) is 0.784. The molecule has 0 aliphatic carbocycles. The molecular formula is C13H11ClN2O3. The van der Waals surface area contributed by atoms with Gasteiger partial charge in [0.1, 0.15) is 0 Å². The van der Waals surface area contributed by atoms with Crippen LogP contribution in [0.5, 0.6) is 0 Å². The van der Waals surface area contributed by atoms with Crippen molar-refractivity contribution in [2.75, 3.05) is 0 Å². The van der Waals surface area contributed by atoms with E-state index in [1.54, 1.807) is 25.3 Å². The van der Waals surface area contributed by atoms with E-state index in [0.717, 1.165) is 0 Å². The molecule has 0 unspecified atom stereocenters. The van der Waals surface area contributed by atoms with Crippen LogP contribution in [-0.2, 0) is 6.54 Å². The molecule has 0 atom stereocenters. The lowest BCUT2D eigenvalue weighted by Gasteiger charge is -2.07. The number of hydrogen-bond acceptors (Lipinski definition) is 3. The Balaban J connectivity index is 2.48. The van der Waals surface area contributed by atoms with Crippen LogP contribution in [0.15, 0.2) is 41.3 Å². The van der Waals surface area contributed by atoms with E-state index in [1.807, 2.05) is 0 Å². The third-order valence-corrected chi connectivity index (χ3v) is 3.02. The fourth-order valence-electron chi connectivity index (χ4n) is 1.82. The van der Waals surface area contributed by atoms with Crippen molar-refractivity contribution in [2.24, 2.45) is 0 Å². The Labute approximate surface area is 114 Å². The van der Waals surface area contributed by atoms with Gasteiger partial charge in [-0.25, -0.2) is 0 Å². The van der Waals surface area contributed by atoms with Crippen molar-refractivity contribution in [3.8, 4) is 0 Å². The normalized spacial score (nSPS) is 10.4. The summed E-state index contributed by atoms with van der Waals surface area (Å²) in [5, 5.41) is 11.4. The SMILES string of the molecule is Cc1cccn(Cc2cc(Cl)ccc2[N+](=O)[O-])c1=O. The minimum Gasteiger partial charge on any atom is -0.311 e. The number of rotatable bonds is 3. The van der Waals surface area contributed by atoms with E-state index in [4.69, 9.17) is 11.6 Å². The minimum atomic E-state index is -0.480. The van der Waals surface area contributed by atoms with E-state index >= 15 is 0 Å². The zero-order valence-electron chi connectivity index (χ0n) is 10.2. The fraction of sp³-hybridized carbons (Fsp3) is 0.154. The summed E-state index contributed by atoms with van der Waals surface area (Å²) in [6.45, 7) is 1.82. The van der Waals surface area contributed by atoms with Gasteiger partial charge < -0.3 is 4.57 Å². The van der Waals surface area contributed by atoms with Crippen LogP contribution in [0.2, 0.25) is 5.02 Å². The van der Waals surface area contributed by atoms with Crippen molar-refractivity contribution in [3.63, 3.8) is 0 Å². The fourth-order valence-corrected chi connectivity index (χ4v) is 2.02. The maximum atomic E-state index is 11.9. The predicted octanol–water partition coefficient (Wildman–Crippen LogP) is 2.77. The molecule has 1 aromatic heterocycles. The Morgan fingerprint density at radius 3 is 2.79 bits per heavy atom. The van der Waals surface area contributed by atoms with Crippen molar-refractivity contribution >= 4 is 17.3 Å². The van der Waals surface area contributed by atoms with Crippen molar-refractivity contribution in [3.05, 3.63) is 73.1 Å². The molecule has 98 valence electrons. The molecule has 0 spiro atoms. The Morgan fingerprint density at radius 1 is 1.37 bits per heavy atom. The Morgan fingerprint density at radius 2 is 2.11 bits per heavy atom. The van der Waals surface area contributed by atoms with Gasteiger partial charge in [0, 0.05) is 22.8 Å². The van der Waals surface area contributed by atoms with Gasteiger partial charge in [-0.3, -0.25) is 14.9 Å². The Bertz CT molecular complexity index is 695. The van der Waals surface area contributed by atoms with Gasteiger partial charge in [0.05, 0.1) is 17.0 Å². The first-order valence-electron chi connectivity index (χ1n) is 5.58. The number of hydrogen-bond donors (Lipinski definition) is 0. The van der Waals surface area contributed by atoms with Gasteiger partial charge in [-0.15, -0.1) is 0 Å². The van der Waals surface area contributed by atoms with E-state index in [1.165, 1.54) is 22.8 Å². The standard InChI is InChI=1S/C13H11ClN2O3/c1-9-3-2-6-15(13(9)17)8-10-7-11(14)4-5-12(10)16(18)19/h2-7H,8H2,1H3.